The van der Waals surface area contributed by atoms with Crippen LogP contribution in [0.5, 0.6) is 0 Å². The number of primary sulfonamides is 1. The zero-order valence-electron chi connectivity index (χ0n) is 14.0. The fourth-order valence-corrected chi connectivity index (χ4v) is 3.35. The van der Waals surface area contributed by atoms with Gasteiger partial charge >= 0.3 is 0 Å². The summed E-state index contributed by atoms with van der Waals surface area (Å²) in [7, 11) is -3.70. The Bertz CT molecular complexity index is 1020. The number of carbonyl (C=O) groups is 1. The molecule has 1 amide bonds. The van der Waals surface area contributed by atoms with Crippen LogP contribution in [0.3, 0.4) is 0 Å². The highest BCUT2D eigenvalue weighted by atomic mass is 32.2. The summed E-state index contributed by atoms with van der Waals surface area (Å²) < 4.78 is 22.4. The summed E-state index contributed by atoms with van der Waals surface area (Å²) in [5, 5.41) is 12.9. The van der Waals surface area contributed by atoms with E-state index in [2.05, 4.69) is 25.6 Å². The molecular weight excluding hydrogens is 388 g/mol. The van der Waals surface area contributed by atoms with Crippen LogP contribution in [0.25, 0.3) is 0 Å². The second kappa shape index (κ2) is 8.20. The van der Waals surface area contributed by atoms with Gasteiger partial charge in [-0.15, -0.1) is 11.3 Å². The number of thiazole rings is 1. The first kappa shape index (κ1) is 18.9. The number of nitrogens with two attached hydrogens (primary N) is 1. The van der Waals surface area contributed by atoms with Gasteiger partial charge in [-0.2, -0.15) is 0 Å². The number of anilines is 2. The predicted octanol–water partition coefficient (Wildman–Crippen LogP) is 1.30. The maximum Gasteiger partial charge on any atom is 0.270 e. The molecule has 3 rings (SSSR count). The molecule has 0 aliphatic rings. The number of amides is 1. The van der Waals surface area contributed by atoms with E-state index in [0.29, 0.717) is 29.7 Å². The first-order valence-electron chi connectivity index (χ1n) is 7.81. The molecule has 0 aliphatic heterocycles. The number of benzene rings is 1. The molecule has 27 heavy (non-hydrogen) atoms. The van der Waals surface area contributed by atoms with Crippen molar-refractivity contribution in [2.24, 2.45) is 5.14 Å². The Balaban J connectivity index is 1.51. The first-order chi connectivity index (χ1) is 12.9. The second-order valence-corrected chi connectivity index (χ2v) is 7.85. The van der Waals surface area contributed by atoms with Gasteiger partial charge in [-0.25, -0.2) is 28.5 Å². The molecule has 1 aromatic carbocycles. The molecule has 0 aliphatic carbocycles. The number of nitrogens with one attached hydrogen (secondary N) is 2. The van der Waals surface area contributed by atoms with Crippen LogP contribution in [0.1, 0.15) is 16.1 Å². The quantitative estimate of drug-likeness (QED) is 0.539. The zero-order chi connectivity index (χ0) is 19.3. The van der Waals surface area contributed by atoms with Gasteiger partial charge in [0.05, 0.1) is 4.90 Å². The summed E-state index contributed by atoms with van der Waals surface area (Å²) in [6.07, 6.45) is 3.75. The van der Waals surface area contributed by atoms with Crippen molar-refractivity contribution < 1.29 is 13.2 Å². The summed E-state index contributed by atoms with van der Waals surface area (Å²) in [4.78, 5) is 24.5. The smallest absolute Gasteiger partial charge is 0.270 e. The summed E-state index contributed by atoms with van der Waals surface area (Å²) in [6.45, 7) is 0.385. The lowest BCUT2D eigenvalue weighted by atomic mass is 10.1. The number of hydrogen-bond acceptors (Lipinski definition) is 8. The maximum absolute atomic E-state index is 12.2. The number of hydrogen-bond donors (Lipinski definition) is 3. The molecule has 4 N–H and O–H groups in total. The van der Waals surface area contributed by atoms with Crippen LogP contribution >= 0.6 is 11.3 Å². The summed E-state index contributed by atoms with van der Waals surface area (Å²) in [5.41, 5.74) is 1.17. The topological polar surface area (TPSA) is 140 Å². The van der Waals surface area contributed by atoms with Gasteiger partial charge in [0.15, 0.2) is 5.13 Å². The minimum atomic E-state index is -3.70. The highest BCUT2D eigenvalue weighted by molar-refractivity contribution is 7.89. The van der Waals surface area contributed by atoms with E-state index in [1.165, 1.54) is 23.5 Å². The van der Waals surface area contributed by atoms with Crippen LogP contribution in [0, 0.1) is 0 Å². The molecule has 0 radical (unpaired) electrons. The normalized spacial score (nSPS) is 11.1. The van der Waals surface area contributed by atoms with Crippen molar-refractivity contribution in [3.63, 3.8) is 0 Å². The summed E-state index contributed by atoms with van der Waals surface area (Å²) in [5.74, 6) is 0.108. The first-order valence-corrected chi connectivity index (χ1v) is 10.2. The van der Waals surface area contributed by atoms with Crippen LogP contribution in [0.15, 0.2) is 53.0 Å². The third-order valence-electron chi connectivity index (χ3n) is 3.47. The van der Waals surface area contributed by atoms with Crippen LogP contribution in [0.2, 0.25) is 0 Å². The van der Waals surface area contributed by atoms with Gasteiger partial charge in [0.2, 0.25) is 16.0 Å². The van der Waals surface area contributed by atoms with Crippen molar-refractivity contribution in [3.05, 3.63) is 59.4 Å². The van der Waals surface area contributed by atoms with E-state index in [1.807, 2.05) is 0 Å². The Morgan fingerprint density at radius 1 is 1.15 bits per heavy atom. The molecule has 0 spiro atoms. The van der Waals surface area contributed by atoms with E-state index in [1.54, 1.807) is 36.0 Å². The zero-order valence-corrected chi connectivity index (χ0v) is 15.6. The predicted molar refractivity (Wildman–Crippen MR) is 101 cm³/mol. The average Bonchev–Trinajstić information content (AvgIpc) is 3.11. The molecule has 9 nitrogen and oxygen atoms in total. The van der Waals surface area contributed by atoms with Crippen molar-refractivity contribution in [2.45, 2.75) is 11.3 Å². The van der Waals surface area contributed by atoms with Gasteiger partial charge in [-0.1, -0.05) is 12.1 Å². The highest BCUT2D eigenvalue weighted by Crippen LogP contribution is 2.18. The number of rotatable bonds is 7. The molecule has 11 heteroatoms. The minimum absolute atomic E-state index is 0.0557. The molecule has 0 saturated heterocycles. The van der Waals surface area contributed by atoms with Gasteiger partial charge in [0.25, 0.3) is 5.91 Å². The summed E-state index contributed by atoms with van der Waals surface area (Å²) >= 11 is 1.27. The Morgan fingerprint density at radius 2 is 1.85 bits per heavy atom. The fraction of sp³-hybridized carbons (Fsp3) is 0.125. The van der Waals surface area contributed by atoms with Gasteiger partial charge < -0.3 is 10.6 Å². The van der Waals surface area contributed by atoms with E-state index in [4.69, 9.17) is 5.14 Å². The molecule has 140 valence electrons. The molecule has 0 saturated carbocycles. The molecule has 0 bridgehead atoms. The largest absolute Gasteiger partial charge is 0.350 e. The van der Waals surface area contributed by atoms with E-state index >= 15 is 0 Å². The van der Waals surface area contributed by atoms with Crippen molar-refractivity contribution in [3.8, 4) is 0 Å². The minimum Gasteiger partial charge on any atom is -0.350 e. The maximum atomic E-state index is 12.2. The standard InChI is InChI=1S/C16H16N6O3S2/c17-27(24,25)12-4-2-11(3-5-12)6-9-18-14(23)13-10-26-16(21-13)22-15-19-7-1-8-20-15/h1-5,7-8,10H,6,9H2,(H,18,23)(H2,17,24,25)(H,19,20,21,22). The number of nitrogens with zero attached hydrogens (tertiary/aromatic N) is 3. The van der Waals surface area contributed by atoms with Gasteiger partial charge in [-0.05, 0) is 30.2 Å². The van der Waals surface area contributed by atoms with Crippen molar-refractivity contribution in [2.75, 3.05) is 11.9 Å². The van der Waals surface area contributed by atoms with Gasteiger partial charge in [0, 0.05) is 24.3 Å². The van der Waals surface area contributed by atoms with Gasteiger partial charge in [0.1, 0.15) is 5.69 Å². The van der Waals surface area contributed by atoms with Crippen molar-refractivity contribution in [1.82, 2.24) is 20.3 Å². The monoisotopic (exact) mass is 404 g/mol. The van der Waals surface area contributed by atoms with Crippen LogP contribution in [-0.4, -0.2) is 35.8 Å². The fourth-order valence-electron chi connectivity index (χ4n) is 2.15. The van der Waals surface area contributed by atoms with Crippen LogP contribution in [0.4, 0.5) is 11.1 Å². The number of carbonyl (C=O) groups excluding carboxylic acids is 1. The molecule has 0 atom stereocenters. The summed E-state index contributed by atoms with van der Waals surface area (Å²) in [6, 6.07) is 7.91. The van der Waals surface area contributed by atoms with E-state index in [-0.39, 0.29) is 10.8 Å². The Morgan fingerprint density at radius 3 is 2.52 bits per heavy atom. The third-order valence-corrected chi connectivity index (χ3v) is 5.16. The molecule has 0 fully saturated rings. The molecule has 2 heterocycles. The van der Waals surface area contributed by atoms with Crippen LogP contribution in [-0.2, 0) is 16.4 Å². The second-order valence-electron chi connectivity index (χ2n) is 5.43. The SMILES string of the molecule is NS(=O)(=O)c1ccc(CCNC(=O)c2csc(Nc3ncccn3)n2)cc1. The Hall–Kier alpha value is -2.89. The lowest BCUT2D eigenvalue weighted by molar-refractivity contribution is 0.0950. The van der Waals surface area contributed by atoms with Gasteiger partial charge in [-0.3, -0.25) is 4.79 Å². The Labute approximate surface area is 159 Å². The number of sulfonamides is 1. The molecule has 3 aromatic rings. The average molecular weight is 404 g/mol. The van der Waals surface area contributed by atoms with E-state index in [0.717, 1.165) is 5.56 Å². The van der Waals surface area contributed by atoms with Crippen molar-refractivity contribution >= 4 is 38.3 Å². The number of aromatic nitrogens is 3. The third kappa shape index (κ3) is 5.29. The Kier molecular flexibility index (Phi) is 5.74. The molecule has 0 unspecified atom stereocenters. The molecule has 2 aromatic heterocycles. The molecular formula is C16H16N6O3S2. The highest BCUT2D eigenvalue weighted by Gasteiger charge is 2.11. The lowest BCUT2D eigenvalue weighted by Gasteiger charge is -2.05. The van der Waals surface area contributed by atoms with E-state index in [9.17, 15) is 13.2 Å². The lowest BCUT2D eigenvalue weighted by Crippen LogP contribution is -2.26. The van der Waals surface area contributed by atoms with Crippen LogP contribution < -0.4 is 15.8 Å². The van der Waals surface area contributed by atoms with E-state index < -0.39 is 10.0 Å². The van der Waals surface area contributed by atoms with Crippen molar-refractivity contribution in [1.29, 1.82) is 0 Å².